The first-order valence-electron chi connectivity index (χ1n) is 6.18. The number of aromatic nitrogens is 1. The van der Waals surface area contributed by atoms with Gasteiger partial charge in [0.15, 0.2) is 6.23 Å². The molecule has 2 amide bonds. The van der Waals surface area contributed by atoms with Crippen LogP contribution in [-0.4, -0.2) is 47.4 Å². The summed E-state index contributed by atoms with van der Waals surface area (Å²) < 4.78 is 44.0. The number of ether oxygens (including phenoxy) is 1. The van der Waals surface area contributed by atoms with E-state index in [0.717, 1.165) is 11.1 Å². The third kappa shape index (κ3) is 2.87. The minimum Gasteiger partial charge on any atom is -0.492 e. The number of anilines is 1. The fourth-order valence-electron chi connectivity index (χ4n) is 2.02. The molecule has 9 heteroatoms. The van der Waals surface area contributed by atoms with Crippen LogP contribution < -0.4 is 9.64 Å². The Hall–Kier alpha value is -2.03. The number of aliphatic hydroxyl groups excluding tert-OH is 1. The molecule has 1 saturated heterocycles. The molecule has 116 valence electrons. The third-order valence-corrected chi connectivity index (χ3v) is 2.97. The highest BCUT2D eigenvalue weighted by Gasteiger charge is 2.39. The van der Waals surface area contributed by atoms with Gasteiger partial charge in [0.25, 0.3) is 0 Å². The van der Waals surface area contributed by atoms with Gasteiger partial charge in [-0.1, -0.05) is 0 Å². The number of aliphatic hydroxyl groups is 1. The van der Waals surface area contributed by atoms with E-state index >= 15 is 0 Å². The van der Waals surface area contributed by atoms with Crippen LogP contribution in [0.4, 0.5) is 23.8 Å². The van der Waals surface area contributed by atoms with Gasteiger partial charge in [-0.2, -0.15) is 13.2 Å². The second kappa shape index (κ2) is 5.40. The average Bonchev–Trinajstić information content (AvgIpc) is 2.63. The Bertz CT molecular complexity index is 550. The minimum atomic E-state index is -4.65. The zero-order valence-electron chi connectivity index (χ0n) is 11.4. The first-order valence-corrected chi connectivity index (χ1v) is 6.18. The lowest BCUT2D eigenvalue weighted by Gasteiger charge is -2.20. The molecule has 1 aromatic heterocycles. The summed E-state index contributed by atoms with van der Waals surface area (Å²) in [6, 6.07) is 0.0814. The molecule has 0 saturated carbocycles. The minimum absolute atomic E-state index is 0.00488. The van der Waals surface area contributed by atoms with Crippen molar-refractivity contribution in [3.05, 3.63) is 17.8 Å². The Morgan fingerprint density at radius 3 is 2.67 bits per heavy atom. The van der Waals surface area contributed by atoms with Crippen molar-refractivity contribution >= 4 is 11.8 Å². The number of β-amino-alcohol motifs (C(OH)–C–C–N with tert-alkyl or cyclic N) is 1. The van der Waals surface area contributed by atoms with Gasteiger partial charge in [-0.3, -0.25) is 0 Å². The lowest BCUT2D eigenvalue weighted by molar-refractivity contribution is -0.139. The van der Waals surface area contributed by atoms with Crippen molar-refractivity contribution in [2.45, 2.75) is 19.3 Å². The molecule has 0 spiro atoms. The van der Waals surface area contributed by atoms with Crippen molar-refractivity contribution in [1.29, 1.82) is 0 Å². The van der Waals surface area contributed by atoms with Crippen LogP contribution in [0.1, 0.15) is 12.5 Å². The summed E-state index contributed by atoms with van der Waals surface area (Å²) in [5, 5.41) is 9.76. The van der Waals surface area contributed by atoms with Crippen molar-refractivity contribution in [2.75, 3.05) is 25.1 Å². The second-order valence-corrected chi connectivity index (χ2v) is 4.48. The molecule has 2 rings (SSSR count). The summed E-state index contributed by atoms with van der Waals surface area (Å²) in [5.41, 5.74) is -1.04. The van der Waals surface area contributed by atoms with Crippen LogP contribution in [0.5, 0.6) is 5.75 Å². The van der Waals surface area contributed by atoms with Gasteiger partial charge in [0, 0.05) is 7.05 Å². The largest absolute Gasteiger partial charge is 0.492 e. The lowest BCUT2D eigenvalue weighted by atomic mass is 10.2. The molecule has 21 heavy (non-hydrogen) atoms. The maximum absolute atomic E-state index is 13.0. The third-order valence-electron chi connectivity index (χ3n) is 2.97. The quantitative estimate of drug-likeness (QED) is 0.923. The first kappa shape index (κ1) is 15.4. The number of pyridine rings is 1. The Morgan fingerprint density at radius 1 is 1.52 bits per heavy atom. The number of hydrogen-bond donors (Lipinski definition) is 1. The van der Waals surface area contributed by atoms with E-state index in [9.17, 15) is 23.1 Å². The van der Waals surface area contributed by atoms with Crippen LogP contribution in [0.15, 0.2) is 12.3 Å². The van der Waals surface area contributed by atoms with E-state index < -0.39 is 29.7 Å². The van der Waals surface area contributed by atoms with Gasteiger partial charge in [-0.05, 0) is 13.0 Å². The standard InChI is InChI=1S/C12H14F3N3O3/c1-3-21-8-5-16-9(4-7(8)12(13,14)15)18-10(19)6-17(2)11(18)20/h4-5,10,19H,3,6H2,1-2H3. The van der Waals surface area contributed by atoms with Crippen LogP contribution in [0.2, 0.25) is 0 Å². The molecule has 6 nitrogen and oxygen atoms in total. The van der Waals surface area contributed by atoms with Crippen molar-refractivity contribution in [2.24, 2.45) is 0 Å². The maximum atomic E-state index is 13.0. The smallest absolute Gasteiger partial charge is 0.420 e. The summed E-state index contributed by atoms with van der Waals surface area (Å²) in [4.78, 5) is 17.6. The Balaban J connectivity index is 2.45. The number of urea groups is 1. The number of rotatable bonds is 3. The molecule has 1 unspecified atom stereocenters. The highest BCUT2D eigenvalue weighted by molar-refractivity contribution is 5.93. The monoisotopic (exact) mass is 305 g/mol. The van der Waals surface area contributed by atoms with E-state index in [-0.39, 0.29) is 19.0 Å². The average molecular weight is 305 g/mol. The van der Waals surface area contributed by atoms with Gasteiger partial charge in [0.1, 0.15) is 17.1 Å². The highest BCUT2D eigenvalue weighted by atomic mass is 19.4. The van der Waals surface area contributed by atoms with Crippen LogP contribution in [0.25, 0.3) is 0 Å². The number of hydrogen-bond acceptors (Lipinski definition) is 4. The Labute approximate surface area is 118 Å². The van der Waals surface area contributed by atoms with Gasteiger partial charge in [0.05, 0.1) is 19.3 Å². The van der Waals surface area contributed by atoms with Crippen molar-refractivity contribution in [3.63, 3.8) is 0 Å². The number of alkyl halides is 3. The summed E-state index contributed by atoms with van der Waals surface area (Å²) in [6.07, 6.45) is -4.99. The Kier molecular flexibility index (Phi) is 3.95. The van der Waals surface area contributed by atoms with Crippen molar-refractivity contribution < 1.29 is 27.8 Å². The molecule has 1 aromatic rings. The number of nitrogens with zero attached hydrogens (tertiary/aromatic N) is 3. The molecule has 1 atom stereocenters. The molecule has 1 N–H and O–H groups in total. The molecule has 0 aliphatic carbocycles. The van der Waals surface area contributed by atoms with E-state index in [2.05, 4.69) is 4.98 Å². The van der Waals surface area contributed by atoms with E-state index in [0.29, 0.717) is 6.07 Å². The van der Waals surface area contributed by atoms with Crippen molar-refractivity contribution in [3.8, 4) is 5.75 Å². The predicted octanol–water partition coefficient (Wildman–Crippen LogP) is 1.69. The van der Waals surface area contributed by atoms with Gasteiger partial charge in [-0.25, -0.2) is 14.7 Å². The van der Waals surface area contributed by atoms with Gasteiger partial charge in [0.2, 0.25) is 0 Å². The normalized spacial score (nSPS) is 19.3. The summed E-state index contributed by atoms with van der Waals surface area (Å²) >= 11 is 0. The molecule has 2 heterocycles. The number of likely N-dealkylation sites (N-methyl/N-ethyl adjacent to an activating group) is 1. The van der Waals surface area contributed by atoms with E-state index in [1.807, 2.05) is 0 Å². The van der Waals surface area contributed by atoms with Gasteiger partial charge in [-0.15, -0.1) is 0 Å². The number of amides is 2. The Morgan fingerprint density at radius 2 is 2.19 bits per heavy atom. The SMILES string of the molecule is CCOc1cnc(N2C(=O)N(C)CC2O)cc1C(F)(F)F. The van der Waals surface area contributed by atoms with Gasteiger partial charge < -0.3 is 14.7 Å². The number of halogens is 3. The maximum Gasteiger partial charge on any atom is 0.420 e. The summed E-state index contributed by atoms with van der Waals surface area (Å²) in [6.45, 7) is 1.60. The van der Waals surface area contributed by atoms with Crippen LogP contribution >= 0.6 is 0 Å². The van der Waals surface area contributed by atoms with Gasteiger partial charge >= 0.3 is 12.2 Å². The van der Waals surface area contributed by atoms with E-state index in [4.69, 9.17) is 4.74 Å². The summed E-state index contributed by atoms with van der Waals surface area (Å²) in [5.74, 6) is -0.684. The lowest BCUT2D eigenvalue weighted by Crippen LogP contribution is -2.35. The molecule has 1 aliphatic heterocycles. The van der Waals surface area contributed by atoms with E-state index in [1.165, 1.54) is 11.9 Å². The zero-order chi connectivity index (χ0) is 15.8. The number of carbonyl (C=O) groups is 1. The van der Waals surface area contributed by atoms with E-state index in [1.54, 1.807) is 6.92 Å². The zero-order valence-corrected chi connectivity index (χ0v) is 11.4. The second-order valence-electron chi connectivity index (χ2n) is 4.48. The van der Waals surface area contributed by atoms with Crippen molar-refractivity contribution in [1.82, 2.24) is 9.88 Å². The predicted molar refractivity (Wildman–Crippen MR) is 66.9 cm³/mol. The fourth-order valence-corrected chi connectivity index (χ4v) is 2.02. The van der Waals surface area contributed by atoms with Crippen LogP contribution in [0, 0.1) is 0 Å². The fraction of sp³-hybridized carbons (Fsp3) is 0.500. The first-order chi connectivity index (χ1) is 9.75. The molecular formula is C12H14F3N3O3. The molecule has 1 fully saturated rings. The molecule has 1 aliphatic rings. The molecular weight excluding hydrogens is 291 g/mol. The number of carbonyl (C=O) groups excluding carboxylic acids is 1. The molecule has 0 bridgehead atoms. The van der Waals surface area contributed by atoms with Crippen LogP contribution in [0.3, 0.4) is 0 Å². The summed E-state index contributed by atoms with van der Waals surface area (Å²) in [7, 11) is 1.44. The highest BCUT2D eigenvalue weighted by Crippen LogP contribution is 2.38. The molecule has 0 aromatic carbocycles. The molecule has 0 radical (unpaired) electrons. The topological polar surface area (TPSA) is 65.9 Å². The van der Waals surface area contributed by atoms with Crippen LogP contribution in [-0.2, 0) is 6.18 Å².